The number of nitrogens with one attached hydrogen (secondary N) is 1. The molecule has 1 amide bonds. The van der Waals surface area contributed by atoms with Gasteiger partial charge in [0.05, 0.1) is 13.2 Å². The van der Waals surface area contributed by atoms with Gasteiger partial charge in [-0.15, -0.1) is 0 Å². The van der Waals surface area contributed by atoms with Crippen molar-refractivity contribution in [3.63, 3.8) is 0 Å². The number of aromatic hydroxyl groups is 1. The number of hydrogen-bond donors (Lipinski definition) is 3. The molecule has 10 heteroatoms. The second-order valence-corrected chi connectivity index (χ2v) is 6.97. The molecule has 0 bridgehead atoms. The molecule has 1 aromatic rings. The van der Waals surface area contributed by atoms with E-state index in [2.05, 4.69) is 14.7 Å². The second-order valence-electron chi connectivity index (χ2n) is 6.97. The Hall–Kier alpha value is -2.62. The van der Waals surface area contributed by atoms with Crippen LogP contribution in [0.15, 0.2) is 4.79 Å². The monoisotopic (exact) mass is 385 g/mol. The molecule has 152 valence electrons. The molecule has 27 heavy (non-hydrogen) atoms. The fourth-order valence-corrected chi connectivity index (χ4v) is 2.31. The molecule has 1 atom stereocenters. The Kier molecular flexibility index (Phi) is 7.77. The van der Waals surface area contributed by atoms with Crippen LogP contribution in [0, 0.1) is 0 Å². The summed E-state index contributed by atoms with van der Waals surface area (Å²) in [4.78, 5) is 43.8. The van der Waals surface area contributed by atoms with E-state index in [4.69, 9.17) is 9.84 Å². The van der Waals surface area contributed by atoms with E-state index in [0.717, 1.165) is 7.11 Å². The summed E-state index contributed by atoms with van der Waals surface area (Å²) in [6, 6.07) is -0.747. The number of esters is 1. The number of amides is 1. The lowest BCUT2D eigenvalue weighted by Crippen LogP contribution is -2.38. The summed E-state index contributed by atoms with van der Waals surface area (Å²) in [7, 11) is 2.57. The van der Waals surface area contributed by atoms with Gasteiger partial charge in [0.1, 0.15) is 11.4 Å². The fraction of sp³-hybridized carbons (Fsp3) is 0.647. The standard InChI is InChI=1S/C17H27N3O7/c1-17(2,3)27-16(25)20(4)10(8-6-7-9-21)13-18-11(15(24)26-5)12(22)14(23)19-13/h10,21-22H,6-9H2,1-5H3,(H,18,19,23). The first kappa shape index (κ1) is 22.4. The number of H-pyrrole nitrogens is 1. The molecule has 0 spiro atoms. The maximum Gasteiger partial charge on any atom is 0.410 e. The molecule has 0 saturated carbocycles. The molecular weight excluding hydrogens is 358 g/mol. The topological polar surface area (TPSA) is 142 Å². The molecule has 0 fully saturated rings. The molecule has 0 aliphatic carbocycles. The zero-order valence-corrected chi connectivity index (χ0v) is 16.2. The van der Waals surface area contributed by atoms with Crippen molar-refractivity contribution in [3.05, 3.63) is 21.9 Å². The van der Waals surface area contributed by atoms with Crippen molar-refractivity contribution in [2.75, 3.05) is 20.8 Å². The third-order valence-electron chi connectivity index (χ3n) is 3.64. The molecule has 1 heterocycles. The number of aliphatic hydroxyl groups is 1. The number of carbonyl (C=O) groups is 2. The van der Waals surface area contributed by atoms with E-state index >= 15 is 0 Å². The van der Waals surface area contributed by atoms with Crippen LogP contribution in [0.25, 0.3) is 0 Å². The summed E-state index contributed by atoms with van der Waals surface area (Å²) < 4.78 is 9.86. The van der Waals surface area contributed by atoms with Gasteiger partial charge in [0.15, 0.2) is 5.69 Å². The van der Waals surface area contributed by atoms with Crippen molar-refractivity contribution in [1.82, 2.24) is 14.9 Å². The number of methoxy groups -OCH3 is 1. The second kappa shape index (κ2) is 9.36. The number of aromatic amines is 1. The summed E-state index contributed by atoms with van der Waals surface area (Å²) in [5.74, 6) is -1.84. The summed E-state index contributed by atoms with van der Waals surface area (Å²) in [6.45, 7) is 5.12. The Balaban J connectivity index is 3.31. The number of aliphatic hydroxyl groups excluding tert-OH is 1. The first-order valence-corrected chi connectivity index (χ1v) is 8.50. The average Bonchev–Trinajstić information content (AvgIpc) is 2.58. The quantitative estimate of drug-likeness (QED) is 0.471. The number of ether oxygens (including phenoxy) is 2. The molecule has 0 aliphatic rings. The lowest BCUT2D eigenvalue weighted by atomic mass is 10.1. The van der Waals surface area contributed by atoms with Crippen molar-refractivity contribution < 1.29 is 29.3 Å². The molecule has 1 rings (SSSR count). The maximum absolute atomic E-state index is 12.4. The Morgan fingerprint density at radius 3 is 2.44 bits per heavy atom. The molecule has 1 aromatic heterocycles. The van der Waals surface area contributed by atoms with Crippen LogP contribution in [-0.2, 0) is 9.47 Å². The first-order valence-electron chi connectivity index (χ1n) is 8.50. The van der Waals surface area contributed by atoms with Gasteiger partial charge in [0.25, 0.3) is 5.56 Å². The minimum Gasteiger partial charge on any atom is -0.501 e. The smallest absolute Gasteiger partial charge is 0.410 e. The van der Waals surface area contributed by atoms with Gasteiger partial charge in [-0.2, -0.15) is 0 Å². The van der Waals surface area contributed by atoms with Crippen molar-refractivity contribution in [1.29, 1.82) is 0 Å². The van der Waals surface area contributed by atoms with E-state index in [9.17, 15) is 19.5 Å². The third-order valence-corrected chi connectivity index (χ3v) is 3.64. The molecule has 0 saturated heterocycles. The van der Waals surface area contributed by atoms with Crippen molar-refractivity contribution in [2.45, 2.75) is 51.7 Å². The van der Waals surface area contributed by atoms with E-state index in [1.165, 1.54) is 11.9 Å². The zero-order valence-electron chi connectivity index (χ0n) is 16.2. The maximum atomic E-state index is 12.4. The Morgan fingerprint density at radius 1 is 1.30 bits per heavy atom. The Morgan fingerprint density at radius 2 is 1.93 bits per heavy atom. The van der Waals surface area contributed by atoms with Crippen LogP contribution < -0.4 is 5.56 Å². The van der Waals surface area contributed by atoms with Crippen molar-refractivity contribution in [3.8, 4) is 5.75 Å². The van der Waals surface area contributed by atoms with Gasteiger partial charge < -0.3 is 29.6 Å². The van der Waals surface area contributed by atoms with Crippen LogP contribution >= 0.6 is 0 Å². The molecular formula is C17H27N3O7. The molecule has 0 radical (unpaired) electrons. The molecule has 3 N–H and O–H groups in total. The van der Waals surface area contributed by atoms with E-state index in [-0.39, 0.29) is 12.4 Å². The number of carbonyl (C=O) groups excluding carboxylic acids is 2. The number of nitrogens with zero attached hydrogens (tertiary/aromatic N) is 2. The third kappa shape index (κ3) is 6.24. The number of unbranched alkanes of at least 4 members (excludes halogenated alkanes) is 1. The van der Waals surface area contributed by atoms with Crippen LogP contribution in [0.2, 0.25) is 0 Å². The summed E-state index contributed by atoms with van der Waals surface area (Å²) in [6.07, 6.45) is 0.689. The Labute approximate surface area is 157 Å². The van der Waals surface area contributed by atoms with E-state index in [1.807, 2.05) is 0 Å². The number of aromatic nitrogens is 2. The molecule has 1 unspecified atom stereocenters. The molecule has 0 aromatic carbocycles. The van der Waals surface area contributed by atoms with Crippen molar-refractivity contribution in [2.24, 2.45) is 0 Å². The predicted octanol–water partition coefficient (Wildman–Crippen LogP) is 1.33. The van der Waals surface area contributed by atoms with Crippen LogP contribution in [0.1, 0.15) is 62.4 Å². The number of rotatable bonds is 7. The van der Waals surface area contributed by atoms with E-state index < -0.39 is 40.7 Å². The van der Waals surface area contributed by atoms with Gasteiger partial charge in [-0.25, -0.2) is 14.6 Å². The highest BCUT2D eigenvalue weighted by atomic mass is 16.6. The van der Waals surface area contributed by atoms with Gasteiger partial charge in [0.2, 0.25) is 5.75 Å². The molecule has 10 nitrogen and oxygen atoms in total. The number of hydrogen-bond acceptors (Lipinski definition) is 8. The fourth-order valence-electron chi connectivity index (χ4n) is 2.31. The van der Waals surface area contributed by atoms with Gasteiger partial charge >= 0.3 is 12.1 Å². The van der Waals surface area contributed by atoms with Crippen LogP contribution in [0.3, 0.4) is 0 Å². The highest BCUT2D eigenvalue weighted by Gasteiger charge is 2.30. The normalized spacial score (nSPS) is 12.4. The molecule has 0 aliphatic heterocycles. The van der Waals surface area contributed by atoms with Crippen LogP contribution in [-0.4, -0.2) is 63.5 Å². The van der Waals surface area contributed by atoms with Gasteiger partial charge in [-0.3, -0.25) is 4.79 Å². The van der Waals surface area contributed by atoms with Gasteiger partial charge in [-0.05, 0) is 40.0 Å². The Bertz CT molecular complexity index is 724. The van der Waals surface area contributed by atoms with Crippen LogP contribution in [0.4, 0.5) is 4.79 Å². The lowest BCUT2D eigenvalue weighted by Gasteiger charge is -2.30. The summed E-state index contributed by atoms with van der Waals surface area (Å²) >= 11 is 0. The summed E-state index contributed by atoms with van der Waals surface area (Å²) in [5.41, 5.74) is -2.19. The van der Waals surface area contributed by atoms with Crippen molar-refractivity contribution >= 4 is 12.1 Å². The van der Waals surface area contributed by atoms with Gasteiger partial charge in [0, 0.05) is 13.7 Å². The summed E-state index contributed by atoms with van der Waals surface area (Å²) in [5, 5.41) is 18.8. The zero-order chi connectivity index (χ0) is 20.8. The van der Waals surface area contributed by atoms with Gasteiger partial charge in [-0.1, -0.05) is 0 Å². The largest absolute Gasteiger partial charge is 0.501 e. The average molecular weight is 385 g/mol. The predicted molar refractivity (Wildman–Crippen MR) is 95.5 cm³/mol. The minimum absolute atomic E-state index is 0.00417. The van der Waals surface area contributed by atoms with E-state index in [1.54, 1.807) is 20.8 Å². The highest BCUT2D eigenvalue weighted by Crippen LogP contribution is 2.25. The van der Waals surface area contributed by atoms with Crippen LogP contribution in [0.5, 0.6) is 5.75 Å². The lowest BCUT2D eigenvalue weighted by molar-refractivity contribution is 0.0200. The first-order chi connectivity index (χ1) is 12.5. The highest BCUT2D eigenvalue weighted by molar-refractivity contribution is 5.89. The van der Waals surface area contributed by atoms with E-state index in [0.29, 0.717) is 19.3 Å². The SMILES string of the molecule is COC(=O)c1nc(C(CCCCO)N(C)C(=O)OC(C)(C)C)[nH]c(=O)c1O. The minimum atomic E-state index is -0.978.